The summed E-state index contributed by atoms with van der Waals surface area (Å²) < 4.78 is 3.21. The molecule has 0 atom stereocenters. The van der Waals surface area contributed by atoms with Crippen molar-refractivity contribution in [1.29, 1.82) is 0 Å². The molecule has 2 N–H and O–H groups in total. The Kier molecular flexibility index (Phi) is 5.89. The second kappa shape index (κ2) is 8.09. The SMILES string of the molecule is CCCNC(=O)c1c(NC(=O)/C=C/c2cnn(CC)c2)cnn1C. The van der Waals surface area contributed by atoms with E-state index in [0.29, 0.717) is 17.9 Å². The Bertz CT molecular complexity index is 744. The highest BCUT2D eigenvalue weighted by Crippen LogP contribution is 2.14. The fourth-order valence-electron chi connectivity index (χ4n) is 2.11. The Morgan fingerprint density at radius 3 is 2.71 bits per heavy atom. The van der Waals surface area contributed by atoms with E-state index in [0.717, 1.165) is 18.5 Å². The molecule has 0 bridgehead atoms. The molecule has 128 valence electrons. The topological polar surface area (TPSA) is 93.8 Å². The van der Waals surface area contributed by atoms with Crippen molar-refractivity contribution in [2.24, 2.45) is 7.05 Å². The van der Waals surface area contributed by atoms with Crippen LogP contribution in [0.15, 0.2) is 24.7 Å². The summed E-state index contributed by atoms with van der Waals surface area (Å²) in [7, 11) is 1.66. The predicted molar refractivity (Wildman–Crippen MR) is 91.4 cm³/mol. The van der Waals surface area contributed by atoms with Gasteiger partial charge in [0, 0.05) is 38.0 Å². The van der Waals surface area contributed by atoms with E-state index >= 15 is 0 Å². The molecular formula is C16H22N6O2. The molecule has 2 amide bonds. The van der Waals surface area contributed by atoms with Gasteiger partial charge in [-0.05, 0) is 19.4 Å². The second-order valence-electron chi connectivity index (χ2n) is 5.24. The molecule has 0 fully saturated rings. The fourth-order valence-corrected chi connectivity index (χ4v) is 2.11. The van der Waals surface area contributed by atoms with Crippen molar-refractivity contribution in [3.8, 4) is 0 Å². The number of rotatable bonds is 7. The zero-order valence-corrected chi connectivity index (χ0v) is 14.1. The molecule has 0 unspecified atom stereocenters. The van der Waals surface area contributed by atoms with Crippen LogP contribution in [-0.4, -0.2) is 37.9 Å². The molecule has 2 aromatic rings. The van der Waals surface area contributed by atoms with Crippen molar-refractivity contribution in [1.82, 2.24) is 24.9 Å². The maximum Gasteiger partial charge on any atom is 0.271 e. The number of hydrogen-bond donors (Lipinski definition) is 2. The smallest absolute Gasteiger partial charge is 0.271 e. The molecule has 8 heteroatoms. The lowest BCUT2D eigenvalue weighted by Crippen LogP contribution is -2.27. The summed E-state index contributed by atoms with van der Waals surface area (Å²) in [4.78, 5) is 24.2. The van der Waals surface area contributed by atoms with Gasteiger partial charge in [0.2, 0.25) is 5.91 Å². The quantitative estimate of drug-likeness (QED) is 0.751. The van der Waals surface area contributed by atoms with Gasteiger partial charge in [-0.1, -0.05) is 6.92 Å². The molecule has 0 aliphatic carbocycles. The lowest BCUT2D eigenvalue weighted by atomic mass is 10.3. The zero-order valence-electron chi connectivity index (χ0n) is 14.1. The molecule has 2 heterocycles. The Morgan fingerprint density at radius 2 is 2.04 bits per heavy atom. The molecule has 0 spiro atoms. The van der Waals surface area contributed by atoms with Gasteiger partial charge in [0.25, 0.3) is 5.91 Å². The van der Waals surface area contributed by atoms with Crippen molar-refractivity contribution in [2.45, 2.75) is 26.8 Å². The van der Waals surface area contributed by atoms with Crippen LogP contribution in [0.3, 0.4) is 0 Å². The summed E-state index contributed by atoms with van der Waals surface area (Å²) in [6.45, 7) is 5.29. The summed E-state index contributed by atoms with van der Waals surface area (Å²) in [5.41, 5.74) is 1.54. The molecule has 0 saturated carbocycles. The normalized spacial score (nSPS) is 11.0. The number of carbonyl (C=O) groups is 2. The van der Waals surface area contributed by atoms with E-state index in [-0.39, 0.29) is 11.8 Å². The first kappa shape index (κ1) is 17.5. The molecule has 8 nitrogen and oxygen atoms in total. The number of hydrogen-bond acceptors (Lipinski definition) is 4. The van der Waals surface area contributed by atoms with Gasteiger partial charge in [-0.3, -0.25) is 19.0 Å². The molecule has 0 saturated heterocycles. The first-order chi connectivity index (χ1) is 11.5. The predicted octanol–water partition coefficient (Wildman–Crippen LogP) is 1.43. The lowest BCUT2D eigenvalue weighted by Gasteiger charge is -2.07. The maximum atomic E-state index is 12.2. The Balaban J connectivity index is 2.05. The van der Waals surface area contributed by atoms with Crippen LogP contribution in [0, 0.1) is 0 Å². The van der Waals surface area contributed by atoms with E-state index in [1.54, 1.807) is 24.0 Å². The number of nitrogens with one attached hydrogen (secondary N) is 2. The van der Waals surface area contributed by atoms with Gasteiger partial charge in [0.05, 0.1) is 18.1 Å². The number of amides is 2. The van der Waals surface area contributed by atoms with E-state index in [9.17, 15) is 9.59 Å². The average molecular weight is 330 g/mol. The molecule has 0 aromatic carbocycles. The van der Waals surface area contributed by atoms with Crippen LogP contribution in [0.25, 0.3) is 6.08 Å². The molecule has 2 rings (SSSR count). The average Bonchev–Trinajstić information content (AvgIpc) is 3.17. The van der Waals surface area contributed by atoms with Gasteiger partial charge >= 0.3 is 0 Å². The van der Waals surface area contributed by atoms with Gasteiger partial charge in [-0.2, -0.15) is 10.2 Å². The first-order valence-corrected chi connectivity index (χ1v) is 7.86. The third-order valence-electron chi connectivity index (χ3n) is 3.35. The third kappa shape index (κ3) is 4.31. The van der Waals surface area contributed by atoms with Crippen molar-refractivity contribution in [3.63, 3.8) is 0 Å². The highest BCUT2D eigenvalue weighted by atomic mass is 16.2. The van der Waals surface area contributed by atoms with E-state index in [4.69, 9.17) is 0 Å². The van der Waals surface area contributed by atoms with Crippen LogP contribution in [0.2, 0.25) is 0 Å². The Morgan fingerprint density at radius 1 is 1.25 bits per heavy atom. The maximum absolute atomic E-state index is 12.2. The van der Waals surface area contributed by atoms with Crippen LogP contribution < -0.4 is 10.6 Å². The number of carbonyl (C=O) groups excluding carboxylic acids is 2. The van der Waals surface area contributed by atoms with E-state index < -0.39 is 0 Å². The highest BCUT2D eigenvalue weighted by Gasteiger charge is 2.17. The second-order valence-corrected chi connectivity index (χ2v) is 5.24. The fraction of sp³-hybridized carbons (Fsp3) is 0.375. The molecule has 0 radical (unpaired) electrons. The third-order valence-corrected chi connectivity index (χ3v) is 3.35. The number of aryl methyl sites for hydroxylation is 2. The highest BCUT2D eigenvalue weighted by molar-refractivity contribution is 6.06. The van der Waals surface area contributed by atoms with Gasteiger partial charge in [0.1, 0.15) is 5.69 Å². The summed E-state index contributed by atoms with van der Waals surface area (Å²) >= 11 is 0. The number of aromatic nitrogens is 4. The molecule has 2 aromatic heterocycles. The monoisotopic (exact) mass is 330 g/mol. The molecular weight excluding hydrogens is 308 g/mol. The molecule has 0 aliphatic heterocycles. The van der Waals surface area contributed by atoms with Crippen LogP contribution in [0.1, 0.15) is 36.3 Å². The minimum atomic E-state index is -0.336. The van der Waals surface area contributed by atoms with Crippen LogP contribution >= 0.6 is 0 Å². The standard InChI is InChI=1S/C16H22N6O2/c1-4-8-17-16(24)15-13(10-18-21(15)3)20-14(23)7-6-12-9-19-22(5-2)11-12/h6-7,9-11H,4-5,8H2,1-3H3,(H,17,24)(H,20,23)/b7-6+. The Labute approximate surface area is 140 Å². The van der Waals surface area contributed by atoms with Crippen molar-refractivity contribution in [2.75, 3.05) is 11.9 Å². The summed E-state index contributed by atoms with van der Waals surface area (Å²) in [5, 5.41) is 13.6. The van der Waals surface area contributed by atoms with Crippen LogP contribution in [-0.2, 0) is 18.4 Å². The van der Waals surface area contributed by atoms with E-state index in [2.05, 4.69) is 20.8 Å². The van der Waals surface area contributed by atoms with Crippen molar-refractivity contribution < 1.29 is 9.59 Å². The van der Waals surface area contributed by atoms with Crippen molar-refractivity contribution >= 4 is 23.6 Å². The van der Waals surface area contributed by atoms with E-state index in [1.165, 1.54) is 17.0 Å². The summed E-state index contributed by atoms with van der Waals surface area (Å²) in [5.74, 6) is -0.600. The summed E-state index contributed by atoms with van der Waals surface area (Å²) in [6.07, 6.45) is 8.89. The zero-order chi connectivity index (χ0) is 17.5. The minimum Gasteiger partial charge on any atom is -0.351 e. The first-order valence-electron chi connectivity index (χ1n) is 7.86. The molecule has 0 aliphatic rings. The largest absolute Gasteiger partial charge is 0.351 e. The Hall–Kier alpha value is -2.90. The molecule has 24 heavy (non-hydrogen) atoms. The lowest BCUT2D eigenvalue weighted by molar-refractivity contribution is -0.111. The summed E-state index contributed by atoms with van der Waals surface area (Å²) in [6, 6.07) is 0. The van der Waals surface area contributed by atoms with Crippen molar-refractivity contribution in [3.05, 3.63) is 35.9 Å². The van der Waals surface area contributed by atoms with Gasteiger partial charge in [-0.15, -0.1) is 0 Å². The van der Waals surface area contributed by atoms with E-state index in [1.807, 2.05) is 20.0 Å². The van der Waals surface area contributed by atoms with Crippen LogP contribution in [0.5, 0.6) is 0 Å². The van der Waals surface area contributed by atoms with Gasteiger partial charge < -0.3 is 10.6 Å². The van der Waals surface area contributed by atoms with Crippen LogP contribution in [0.4, 0.5) is 5.69 Å². The number of nitrogens with zero attached hydrogens (tertiary/aromatic N) is 4. The van der Waals surface area contributed by atoms with Gasteiger partial charge in [-0.25, -0.2) is 0 Å². The number of anilines is 1. The minimum absolute atomic E-state index is 0.264. The van der Waals surface area contributed by atoms with Gasteiger partial charge in [0.15, 0.2) is 0 Å².